The Morgan fingerprint density at radius 2 is 1.62 bits per heavy atom. The van der Waals surface area contributed by atoms with Crippen LogP contribution in [0.5, 0.6) is 11.5 Å². The van der Waals surface area contributed by atoms with Gasteiger partial charge in [-0.3, -0.25) is 4.90 Å². The van der Waals surface area contributed by atoms with Crippen molar-refractivity contribution < 1.29 is 13.9 Å². The maximum atomic E-state index is 13.9. The maximum Gasteiger partial charge on any atom is 0.231 e. The van der Waals surface area contributed by atoms with Gasteiger partial charge in [0.25, 0.3) is 0 Å². The summed E-state index contributed by atoms with van der Waals surface area (Å²) in [6.07, 6.45) is 5.33. The average molecular weight is 529 g/mol. The minimum absolute atomic E-state index is 0.212. The topological polar surface area (TPSA) is 24.9 Å². The second kappa shape index (κ2) is 14.0. The van der Waals surface area contributed by atoms with Crippen LogP contribution in [0.25, 0.3) is 5.70 Å². The third-order valence-electron chi connectivity index (χ3n) is 7.22. The molecule has 0 radical (unpaired) electrons. The Bertz CT molecular complexity index is 1270. The smallest absolute Gasteiger partial charge is 0.231 e. The van der Waals surface area contributed by atoms with Crippen LogP contribution in [0.15, 0.2) is 90.1 Å². The van der Waals surface area contributed by atoms with Crippen molar-refractivity contribution in [2.45, 2.75) is 60.0 Å². The zero-order valence-corrected chi connectivity index (χ0v) is 23.8. The molecule has 3 aromatic rings. The lowest BCUT2D eigenvalue weighted by atomic mass is 10.0. The van der Waals surface area contributed by atoms with Gasteiger partial charge in [-0.15, -0.1) is 0 Å². The van der Waals surface area contributed by atoms with Gasteiger partial charge in [-0.2, -0.15) is 0 Å². The summed E-state index contributed by atoms with van der Waals surface area (Å²) in [5.74, 6) is 1.40. The molecule has 1 aliphatic rings. The Balaban J connectivity index is 1.67. The zero-order chi connectivity index (χ0) is 27.6. The van der Waals surface area contributed by atoms with E-state index in [0.717, 1.165) is 62.5 Å². The highest BCUT2D eigenvalue weighted by atomic mass is 19.1. The first kappa shape index (κ1) is 28.4. The van der Waals surface area contributed by atoms with E-state index in [9.17, 15) is 4.39 Å². The largest absolute Gasteiger partial charge is 0.454 e. The van der Waals surface area contributed by atoms with E-state index in [4.69, 9.17) is 9.47 Å². The van der Waals surface area contributed by atoms with Gasteiger partial charge in [0.05, 0.1) is 0 Å². The Labute approximate surface area is 233 Å². The first-order valence-corrected chi connectivity index (χ1v) is 14.1. The number of halogens is 1. The third kappa shape index (κ3) is 7.51. The SMILES string of the molecule is C/C=C(/CN(Cc1ccccc1)Cc1ccc2c(c1)OCO2)N(CCCC)/C(=C(\C)CC)c1ccc(F)cc1. The van der Waals surface area contributed by atoms with Crippen LogP contribution in [0.4, 0.5) is 4.39 Å². The van der Waals surface area contributed by atoms with Crippen LogP contribution in [0.1, 0.15) is 63.6 Å². The summed E-state index contributed by atoms with van der Waals surface area (Å²) in [4.78, 5) is 4.94. The van der Waals surface area contributed by atoms with E-state index in [1.165, 1.54) is 28.1 Å². The van der Waals surface area contributed by atoms with Crippen LogP contribution >= 0.6 is 0 Å². The van der Waals surface area contributed by atoms with Crippen LogP contribution in [-0.2, 0) is 13.1 Å². The van der Waals surface area contributed by atoms with E-state index < -0.39 is 0 Å². The van der Waals surface area contributed by atoms with E-state index in [0.29, 0.717) is 0 Å². The Hall–Kier alpha value is -3.57. The molecule has 0 unspecified atom stereocenters. The molecule has 0 spiro atoms. The first-order chi connectivity index (χ1) is 19.0. The van der Waals surface area contributed by atoms with Gasteiger partial charge in [-0.25, -0.2) is 4.39 Å². The monoisotopic (exact) mass is 528 g/mol. The van der Waals surface area contributed by atoms with Gasteiger partial charge in [0.1, 0.15) is 5.82 Å². The van der Waals surface area contributed by atoms with Crippen LogP contribution < -0.4 is 9.47 Å². The number of ether oxygens (including phenoxy) is 2. The van der Waals surface area contributed by atoms with Gasteiger partial charge in [0.2, 0.25) is 6.79 Å². The standard InChI is InChI=1S/C34H41FN2O2/c1-5-8-20-37(34(26(4)6-2)29-15-17-30(35)18-16-29)31(7-3)24-36(22-27-12-10-9-11-13-27)23-28-14-19-32-33(21-28)39-25-38-32/h7,9-19,21H,5-6,8,20,22-25H2,1-4H3/b31-7-,34-26+. The molecule has 0 N–H and O–H groups in total. The molecule has 206 valence electrons. The van der Waals surface area contributed by atoms with Gasteiger partial charge in [0, 0.05) is 37.6 Å². The summed E-state index contributed by atoms with van der Waals surface area (Å²) in [5, 5.41) is 0. The van der Waals surface area contributed by atoms with Gasteiger partial charge < -0.3 is 14.4 Å². The quantitative estimate of drug-likeness (QED) is 0.222. The van der Waals surface area contributed by atoms with Crippen LogP contribution in [0.2, 0.25) is 0 Å². The Morgan fingerprint density at radius 1 is 0.897 bits per heavy atom. The third-order valence-corrected chi connectivity index (χ3v) is 7.22. The highest BCUT2D eigenvalue weighted by Gasteiger charge is 2.21. The number of rotatable bonds is 13. The summed E-state index contributed by atoms with van der Waals surface area (Å²) in [6.45, 7) is 12.3. The number of fused-ring (bicyclic) bond motifs is 1. The molecular weight excluding hydrogens is 487 g/mol. The minimum atomic E-state index is -0.212. The summed E-state index contributed by atoms with van der Waals surface area (Å²) >= 11 is 0. The fourth-order valence-corrected chi connectivity index (χ4v) is 4.99. The van der Waals surface area contributed by atoms with E-state index in [-0.39, 0.29) is 12.6 Å². The number of nitrogens with zero attached hydrogens (tertiary/aromatic N) is 2. The molecule has 0 atom stereocenters. The number of allylic oxidation sites excluding steroid dienone is 2. The molecule has 0 bridgehead atoms. The molecule has 0 saturated carbocycles. The van der Waals surface area contributed by atoms with Crippen LogP contribution in [0.3, 0.4) is 0 Å². The van der Waals surface area contributed by atoms with E-state index in [1.54, 1.807) is 12.1 Å². The first-order valence-electron chi connectivity index (χ1n) is 14.1. The van der Waals surface area contributed by atoms with Crippen molar-refractivity contribution in [3.8, 4) is 11.5 Å². The Kier molecular flexibility index (Phi) is 10.2. The summed E-state index contributed by atoms with van der Waals surface area (Å²) in [6, 6.07) is 23.8. The average Bonchev–Trinajstić information content (AvgIpc) is 3.43. The molecule has 39 heavy (non-hydrogen) atoms. The molecule has 0 aromatic heterocycles. The molecule has 0 amide bonds. The van der Waals surface area contributed by atoms with Crippen LogP contribution in [-0.4, -0.2) is 29.7 Å². The maximum absolute atomic E-state index is 13.9. The predicted molar refractivity (Wildman–Crippen MR) is 158 cm³/mol. The summed E-state index contributed by atoms with van der Waals surface area (Å²) in [5.41, 5.74) is 7.23. The molecule has 5 heteroatoms. The highest BCUT2D eigenvalue weighted by molar-refractivity contribution is 5.68. The second-order valence-corrected chi connectivity index (χ2v) is 10.1. The lowest BCUT2D eigenvalue weighted by molar-refractivity contribution is 0.174. The van der Waals surface area contributed by atoms with Gasteiger partial charge in [-0.1, -0.05) is 62.7 Å². The summed E-state index contributed by atoms with van der Waals surface area (Å²) in [7, 11) is 0. The molecular formula is C34H41FN2O2. The second-order valence-electron chi connectivity index (χ2n) is 10.1. The fraction of sp³-hybridized carbons (Fsp3) is 0.353. The Morgan fingerprint density at radius 3 is 2.31 bits per heavy atom. The molecule has 0 aliphatic carbocycles. The van der Waals surface area contributed by atoms with Crippen molar-refractivity contribution in [1.82, 2.24) is 9.80 Å². The van der Waals surface area contributed by atoms with Crippen molar-refractivity contribution >= 4 is 5.70 Å². The minimum Gasteiger partial charge on any atom is -0.454 e. The van der Waals surface area contributed by atoms with Crippen molar-refractivity contribution in [2.24, 2.45) is 0 Å². The van der Waals surface area contributed by atoms with Crippen molar-refractivity contribution in [3.63, 3.8) is 0 Å². The van der Waals surface area contributed by atoms with Crippen molar-refractivity contribution in [3.05, 3.63) is 113 Å². The predicted octanol–water partition coefficient (Wildman–Crippen LogP) is 8.40. The lowest BCUT2D eigenvalue weighted by Gasteiger charge is -2.35. The highest BCUT2D eigenvalue weighted by Crippen LogP contribution is 2.34. The number of hydrogen-bond donors (Lipinski definition) is 0. The lowest BCUT2D eigenvalue weighted by Crippen LogP contribution is -2.33. The molecule has 1 heterocycles. The van der Waals surface area contributed by atoms with Crippen molar-refractivity contribution in [2.75, 3.05) is 19.9 Å². The molecule has 1 aliphatic heterocycles. The van der Waals surface area contributed by atoms with Gasteiger partial charge in [0.15, 0.2) is 11.5 Å². The van der Waals surface area contributed by atoms with Gasteiger partial charge >= 0.3 is 0 Å². The van der Waals surface area contributed by atoms with Crippen molar-refractivity contribution in [1.29, 1.82) is 0 Å². The number of benzene rings is 3. The molecule has 3 aromatic carbocycles. The van der Waals surface area contributed by atoms with E-state index in [2.05, 4.69) is 86.0 Å². The van der Waals surface area contributed by atoms with Gasteiger partial charge in [-0.05, 0) is 85.4 Å². The summed E-state index contributed by atoms with van der Waals surface area (Å²) < 4.78 is 25.1. The normalized spacial score (nSPS) is 13.5. The zero-order valence-electron chi connectivity index (χ0n) is 23.8. The van der Waals surface area contributed by atoms with Crippen LogP contribution in [0, 0.1) is 5.82 Å². The molecule has 4 nitrogen and oxygen atoms in total. The molecule has 4 rings (SSSR count). The van der Waals surface area contributed by atoms with E-state index >= 15 is 0 Å². The molecule has 0 saturated heterocycles. The number of unbranched alkanes of at least 4 members (excludes halogenated alkanes) is 1. The fourth-order valence-electron chi connectivity index (χ4n) is 4.99. The molecule has 0 fully saturated rings. The van der Waals surface area contributed by atoms with E-state index in [1.807, 2.05) is 18.2 Å². The number of hydrogen-bond acceptors (Lipinski definition) is 4.